The van der Waals surface area contributed by atoms with Gasteiger partial charge in [-0.3, -0.25) is 14.4 Å². The van der Waals surface area contributed by atoms with E-state index in [-0.39, 0.29) is 24.9 Å². The van der Waals surface area contributed by atoms with Crippen molar-refractivity contribution in [2.45, 2.75) is 52.1 Å². The summed E-state index contributed by atoms with van der Waals surface area (Å²) in [6, 6.07) is 9.53. The van der Waals surface area contributed by atoms with Crippen LogP contribution in [0.3, 0.4) is 0 Å². The van der Waals surface area contributed by atoms with Crippen LogP contribution in [0.15, 0.2) is 43.0 Å². The van der Waals surface area contributed by atoms with Gasteiger partial charge in [-0.25, -0.2) is 10.3 Å². The summed E-state index contributed by atoms with van der Waals surface area (Å²) in [5.74, 6) is -2.74. The van der Waals surface area contributed by atoms with E-state index in [0.29, 0.717) is 32.5 Å². The third kappa shape index (κ3) is 8.80. The first-order valence-electron chi connectivity index (χ1n) is 11.1. The first-order chi connectivity index (χ1) is 15.4. The fourth-order valence-corrected chi connectivity index (χ4v) is 3.54. The van der Waals surface area contributed by atoms with Crippen molar-refractivity contribution in [3.63, 3.8) is 0 Å². The quantitative estimate of drug-likeness (QED) is 0.378. The highest BCUT2D eigenvalue weighted by molar-refractivity contribution is 5.87. The number of nitrogens with one attached hydrogen (secondary N) is 2. The molecule has 176 valence electrons. The van der Waals surface area contributed by atoms with Gasteiger partial charge in [0.15, 0.2) is 0 Å². The Morgan fingerprint density at radius 1 is 1.16 bits per heavy atom. The normalized spacial score (nSPS) is 17.4. The van der Waals surface area contributed by atoms with Crippen molar-refractivity contribution in [1.29, 1.82) is 0 Å². The summed E-state index contributed by atoms with van der Waals surface area (Å²) >= 11 is 0. The summed E-state index contributed by atoms with van der Waals surface area (Å²) in [7, 11) is 0. The molecule has 2 amide bonds. The standard InChI is InChI=1S/C24H34N2O6/c1-4-8-20(23(28)25-31-19-13-14-30-16-19)21(15-17(2)3)24(29)26-32-22(27)12-11-18-9-6-5-7-10-18/h4-7,9-10,17,19-21H,1,8,11-16H2,2-3H3,(H,25,28)(H,26,29)/t19-,20+,21-/m1/s1. The molecule has 0 aliphatic carbocycles. The molecule has 1 heterocycles. The largest absolute Gasteiger partial charge is 0.379 e. The SMILES string of the molecule is C=CC[C@H](C(=O)NO[C@@H]1CCOC1)[C@@H](CC(C)C)C(=O)NOC(=O)CCc1ccccc1. The molecule has 1 aromatic carbocycles. The lowest BCUT2D eigenvalue weighted by Gasteiger charge is -2.26. The van der Waals surface area contributed by atoms with Gasteiger partial charge >= 0.3 is 5.97 Å². The van der Waals surface area contributed by atoms with Crippen LogP contribution >= 0.6 is 0 Å². The molecule has 8 heteroatoms. The number of carbonyl (C=O) groups excluding carboxylic acids is 3. The first kappa shape index (κ1) is 25.5. The number of ether oxygens (including phenoxy) is 1. The molecule has 1 fully saturated rings. The van der Waals surface area contributed by atoms with Crippen molar-refractivity contribution in [2.75, 3.05) is 13.2 Å². The third-order valence-electron chi connectivity index (χ3n) is 5.25. The van der Waals surface area contributed by atoms with Crippen molar-refractivity contribution in [1.82, 2.24) is 11.0 Å². The Morgan fingerprint density at radius 2 is 1.88 bits per heavy atom. The topological polar surface area (TPSA) is 103 Å². The lowest BCUT2D eigenvalue weighted by Crippen LogP contribution is -2.44. The van der Waals surface area contributed by atoms with E-state index < -0.39 is 29.6 Å². The predicted octanol–water partition coefficient (Wildman–Crippen LogP) is 2.88. The smallest absolute Gasteiger partial charge is 0.332 e. The second-order valence-corrected chi connectivity index (χ2v) is 8.36. The van der Waals surface area contributed by atoms with Crippen LogP contribution in [0.1, 0.15) is 45.1 Å². The van der Waals surface area contributed by atoms with Crippen molar-refractivity contribution < 1.29 is 28.8 Å². The Hall–Kier alpha value is -2.71. The molecule has 1 aromatic rings. The summed E-state index contributed by atoms with van der Waals surface area (Å²) in [6.45, 7) is 8.64. The average molecular weight is 447 g/mol. The number of rotatable bonds is 12. The van der Waals surface area contributed by atoms with Crippen LogP contribution in [-0.2, 0) is 35.2 Å². The van der Waals surface area contributed by atoms with Gasteiger partial charge in [0.25, 0.3) is 5.91 Å². The first-order valence-corrected chi connectivity index (χ1v) is 11.1. The van der Waals surface area contributed by atoms with E-state index in [1.807, 2.05) is 44.2 Å². The van der Waals surface area contributed by atoms with E-state index >= 15 is 0 Å². The number of carbonyl (C=O) groups is 3. The van der Waals surface area contributed by atoms with E-state index in [4.69, 9.17) is 14.4 Å². The zero-order chi connectivity index (χ0) is 23.3. The van der Waals surface area contributed by atoms with Crippen LogP contribution in [0.4, 0.5) is 0 Å². The lowest BCUT2D eigenvalue weighted by molar-refractivity contribution is -0.162. The highest BCUT2D eigenvalue weighted by atomic mass is 16.7. The predicted molar refractivity (Wildman–Crippen MR) is 119 cm³/mol. The van der Waals surface area contributed by atoms with Gasteiger partial charge in [-0.05, 0) is 30.7 Å². The summed E-state index contributed by atoms with van der Waals surface area (Å²) in [5.41, 5.74) is 5.72. The van der Waals surface area contributed by atoms with E-state index in [1.165, 1.54) is 0 Å². The molecule has 8 nitrogen and oxygen atoms in total. The maximum Gasteiger partial charge on any atom is 0.332 e. The van der Waals surface area contributed by atoms with Gasteiger partial charge in [0.1, 0.15) is 6.10 Å². The third-order valence-corrected chi connectivity index (χ3v) is 5.25. The number of hydrogen-bond donors (Lipinski definition) is 2. The zero-order valence-corrected chi connectivity index (χ0v) is 18.9. The van der Waals surface area contributed by atoms with Gasteiger partial charge in [0, 0.05) is 13.0 Å². The second-order valence-electron chi connectivity index (χ2n) is 8.36. The van der Waals surface area contributed by atoms with Crippen LogP contribution in [0.25, 0.3) is 0 Å². The van der Waals surface area contributed by atoms with E-state index in [1.54, 1.807) is 6.08 Å². The number of benzene rings is 1. The van der Waals surface area contributed by atoms with Gasteiger partial charge in [0.2, 0.25) is 5.91 Å². The number of aryl methyl sites for hydroxylation is 1. The molecule has 0 spiro atoms. The molecule has 32 heavy (non-hydrogen) atoms. The van der Waals surface area contributed by atoms with Crippen molar-refractivity contribution >= 4 is 17.8 Å². The van der Waals surface area contributed by atoms with Gasteiger partial charge in [0.05, 0.1) is 24.9 Å². The molecule has 1 aliphatic rings. The summed E-state index contributed by atoms with van der Waals surface area (Å²) in [6.07, 6.45) is 3.44. The molecule has 0 radical (unpaired) electrons. The molecule has 2 rings (SSSR count). The minimum absolute atomic E-state index is 0.132. The molecular weight excluding hydrogens is 412 g/mol. The zero-order valence-electron chi connectivity index (χ0n) is 18.9. The van der Waals surface area contributed by atoms with Crippen LogP contribution in [-0.4, -0.2) is 37.1 Å². The molecule has 0 bridgehead atoms. The van der Waals surface area contributed by atoms with E-state index in [0.717, 1.165) is 5.56 Å². The molecule has 0 saturated carbocycles. The Labute approximate surface area is 189 Å². The van der Waals surface area contributed by atoms with E-state index in [9.17, 15) is 14.4 Å². The van der Waals surface area contributed by atoms with Gasteiger partial charge in [-0.15, -0.1) is 6.58 Å². The minimum atomic E-state index is -0.710. The molecule has 1 saturated heterocycles. The lowest BCUT2D eigenvalue weighted by atomic mass is 9.82. The van der Waals surface area contributed by atoms with Gasteiger partial charge in [-0.1, -0.05) is 50.3 Å². The average Bonchev–Trinajstić information content (AvgIpc) is 3.31. The van der Waals surface area contributed by atoms with Gasteiger partial charge in [-0.2, -0.15) is 5.48 Å². The minimum Gasteiger partial charge on any atom is -0.379 e. The number of hydroxylamine groups is 2. The second kappa shape index (κ2) is 13.6. The number of hydrogen-bond acceptors (Lipinski definition) is 6. The summed E-state index contributed by atoms with van der Waals surface area (Å²) in [5, 5.41) is 0. The molecular formula is C24H34N2O6. The van der Waals surface area contributed by atoms with E-state index in [2.05, 4.69) is 17.5 Å². The molecule has 0 unspecified atom stereocenters. The monoisotopic (exact) mass is 446 g/mol. The maximum atomic E-state index is 12.9. The highest BCUT2D eigenvalue weighted by Crippen LogP contribution is 2.25. The van der Waals surface area contributed by atoms with Crippen molar-refractivity contribution in [2.24, 2.45) is 17.8 Å². The maximum absolute atomic E-state index is 12.9. The Morgan fingerprint density at radius 3 is 2.50 bits per heavy atom. The fourth-order valence-electron chi connectivity index (χ4n) is 3.54. The van der Waals surface area contributed by atoms with Crippen LogP contribution in [0.2, 0.25) is 0 Å². The highest BCUT2D eigenvalue weighted by Gasteiger charge is 2.35. The van der Waals surface area contributed by atoms with Crippen molar-refractivity contribution in [3.8, 4) is 0 Å². The molecule has 3 atom stereocenters. The Kier molecular flexibility index (Phi) is 10.9. The Balaban J connectivity index is 1.92. The molecule has 0 aromatic heterocycles. The summed E-state index contributed by atoms with van der Waals surface area (Å²) < 4.78 is 5.23. The van der Waals surface area contributed by atoms with Crippen LogP contribution < -0.4 is 11.0 Å². The molecule has 2 N–H and O–H groups in total. The van der Waals surface area contributed by atoms with Gasteiger partial charge < -0.3 is 9.57 Å². The van der Waals surface area contributed by atoms with Crippen molar-refractivity contribution in [3.05, 3.63) is 48.6 Å². The van der Waals surface area contributed by atoms with Crippen LogP contribution in [0, 0.1) is 17.8 Å². The fraction of sp³-hybridized carbons (Fsp3) is 0.542. The Bertz CT molecular complexity index is 746. The summed E-state index contributed by atoms with van der Waals surface area (Å²) in [4.78, 5) is 48.2. The molecule has 1 aliphatic heterocycles. The number of allylic oxidation sites excluding steroid dienone is 1. The van der Waals surface area contributed by atoms with Crippen LogP contribution in [0.5, 0.6) is 0 Å². The number of amides is 2.